The lowest BCUT2D eigenvalue weighted by Crippen LogP contribution is -2.53. The van der Waals surface area contributed by atoms with Gasteiger partial charge in [0.15, 0.2) is 0 Å². The van der Waals surface area contributed by atoms with Gasteiger partial charge in [0.2, 0.25) is 15.9 Å². The van der Waals surface area contributed by atoms with Crippen LogP contribution in [0.25, 0.3) is 0 Å². The molecule has 6 rings (SSSR count). The number of carbonyl (C=O) groups excluding carboxylic acids is 2. The third kappa shape index (κ3) is 7.82. The van der Waals surface area contributed by atoms with Crippen LogP contribution in [0.5, 0.6) is 5.75 Å². The van der Waals surface area contributed by atoms with Gasteiger partial charge in [0.1, 0.15) is 5.75 Å². The number of halogens is 1. The van der Waals surface area contributed by atoms with Crippen molar-refractivity contribution < 1.29 is 27.9 Å². The fraction of sp³-hybridized carbons (Fsp3) is 0.590. The molecule has 2 aromatic carbocycles. The predicted octanol–water partition coefficient (Wildman–Crippen LogP) is 5.02. The number of hydrogen-bond acceptors (Lipinski definition) is 8. The fourth-order valence-electron chi connectivity index (χ4n) is 8.41. The summed E-state index contributed by atoms with van der Waals surface area (Å²) in [7, 11) is 1.66. The van der Waals surface area contributed by atoms with E-state index in [1.165, 1.54) is 11.1 Å². The van der Waals surface area contributed by atoms with E-state index in [4.69, 9.17) is 16.3 Å². The van der Waals surface area contributed by atoms with E-state index in [0.29, 0.717) is 50.0 Å². The first-order chi connectivity index (χ1) is 24.1. The van der Waals surface area contributed by atoms with Gasteiger partial charge < -0.3 is 24.5 Å². The maximum Gasteiger partial charge on any atom is 0.264 e. The largest absolute Gasteiger partial charge is 0.490 e. The van der Waals surface area contributed by atoms with Crippen molar-refractivity contribution in [1.29, 1.82) is 0 Å². The number of hydrogen-bond donors (Lipinski definition) is 2. The SMILES string of the molecule is C[C@@H]1[C@@H](C)C/C=C\[C@@](O)(CC(=O)N(C)CCN(C)C)[C@@H]2CC[C@H]2CN2C[C@@]3(CCCc4cc(Cl)ccc43)COc3ccc(cc32)C(=O)NS1(=O)=O. The highest BCUT2D eigenvalue weighted by atomic mass is 35.5. The number of aliphatic hydroxyl groups is 1. The topological polar surface area (TPSA) is 119 Å². The molecule has 278 valence electrons. The standard InChI is InChI=1S/C39H53ClN4O6S/c1-26-8-6-17-39(47,22-36(45)43(5)19-18-42(3)4)33-13-10-30(33)23-44-24-38(16-7-9-28-20-31(40)12-14-32(28)38)25-50-35-15-11-29(21-34(35)44)37(46)41-51(48,49)27(26)2/h6,11-12,14-15,17,20-21,26-27,30,33,47H,7-10,13,16,18-19,22-25H2,1-5H3,(H,41,46)/b17-6-/t26-,27+,30-,33+,38-,39+/m0/s1. The Balaban J connectivity index is 1.41. The molecular weight excluding hydrogens is 688 g/mol. The first kappa shape index (κ1) is 37.6. The molecule has 12 heteroatoms. The third-order valence-electron chi connectivity index (χ3n) is 12.0. The van der Waals surface area contributed by atoms with E-state index in [1.54, 1.807) is 43.1 Å². The minimum atomic E-state index is -4.03. The highest BCUT2D eigenvalue weighted by Gasteiger charge is 2.49. The smallest absolute Gasteiger partial charge is 0.264 e. The second kappa shape index (κ2) is 14.7. The van der Waals surface area contributed by atoms with E-state index in [2.05, 4.69) is 21.8 Å². The van der Waals surface area contributed by atoms with Crippen molar-refractivity contribution in [2.75, 3.05) is 58.8 Å². The molecule has 6 atom stereocenters. The number of rotatable bonds is 5. The molecule has 2 aliphatic heterocycles. The number of carbonyl (C=O) groups is 2. The van der Waals surface area contributed by atoms with Crippen LogP contribution in [0, 0.1) is 17.8 Å². The molecule has 2 bridgehead atoms. The number of nitrogens with zero attached hydrogens (tertiary/aromatic N) is 3. The number of ether oxygens (including phenoxy) is 1. The van der Waals surface area contributed by atoms with E-state index in [9.17, 15) is 23.1 Å². The monoisotopic (exact) mass is 740 g/mol. The van der Waals surface area contributed by atoms with Gasteiger partial charge >= 0.3 is 0 Å². The summed E-state index contributed by atoms with van der Waals surface area (Å²) in [5.41, 5.74) is 1.60. The first-order valence-corrected chi connectivity index (χ1v) is 20.2. The van der Waals surface area contributed by atoms with Crippen LogP contribution in [0.3, 0.4) is 0 Å². The van der Waals surface area contributed by atoms with Crippen LogP contribution in [0.1, 0.15) is 73.9 Å². The summed E-state index contributed by atoms with van der Waals surface area (Å²) in [6, 6.07) is 11.2. The van der Waals surface area contributed by atoms with Gasteiger partial charge in [0, 0.05) is 49.2 Å². The molecule has 1 saturated carbocycles. The summed E-state index contributed by atoms with van der Waals surface area (Å²) < 4.78 is 35.9. The number of amides is 2. The molecule has 4 aliphatic rings. The van der Waals surface area contributed by atoms with Gasteiger partial charge in [0.25, 0.3) is 5.91 Å². The molecule has 2 amide bonds. The average molecular weight is 741 g/mol. The van der Waals surface area contributed by atoms with Crippen LogP contribution < -0.4 is 14.4 Å². The van der Waals surface area contributed by atoms with Gasteiger partial charge in [-0.3, -0.25) is 9.59 Å². The molecule has 0 aromatic heterocycles. The Morgan fingerprint density at radius 2 is 1.90 bits per heavy atom. The molecule has 1 spiro atoms. The number of fused-ring (bicyclic) bond motifs is 4. The average Bonchev–Trinajstić information content (AvgIpc) is 3.21. The van der Waals surface area contributed by atoms with E-state index >= 15 is 0 Å². The molecule has 10 nitrogen and oxygen atoms in total. The lowest BCUT2D eigenvalue weighted by Gasteiger charge is -2.49. The molecule has 2 aromatic rings. The van der Waals surface area contributed by atoms with Gasteiger partial charge in [-0.15, -0.1) is 0 Å². The highest BCUT2D eigenvalue weighted by Crippen LogP contribution is 2.49. The number of sulfonamides is 1. The lowest BCUT2D eigenvalue weighted by atomic mass is 9.63. The van der Waals surface area contributed by atoms with Gasteiger partial charge in [-0.1, -0.05) is 36.7 Å². The summed E-state index contributed by atoms with van der Waals surface area (Å²) in [5.74, 6) is -0.692. The molecule has 0 radical (unpaired) electrons. The molecule has 0 saturated heterocycles. The highest BCUT2D eigenvalue weighted by molar-refractivity contribution is 7.90. The van der Waals surface area contributed by atoms with E-state index in [-0.39, 0.29) is 41.1 Å². The van der Waals surface area contributed by atoms with Gasteiger partial charge in [-0.05, 0) is 119 Å². The zero-order valence-electron chi connectivity index (χ0n) is 30.5. The Bertz CT molecular complexity index is 1780. The molecule has 51 heavy (non-hydrogen) atoms. The van der Waals surface area contributed by atoms with Crippen LogP contribution in [-0.4, -0.2) is 99.9 Å². The van der Waals surface area contributed by atoms with Gasteiger partial charge in [-0.2, -0.15) is 0 Å². The second-order valence-corrected chi connectivity index (χ2v) is 18.3. The maximum atomic E-state index is 13.6. The maximum absolute atomic E-state index is 13.6. The van der Waals surface area contributed by atoms with Crippen molar-refractivity contribution in [1.82, 2.24) is 14.5 Å². The van der Waals surface area contributed by atoms with Crippen molar-refractivity contribution in [2.24, 2.45) is 17.8 Å². The summed E-state index contributed by atoms with van der Waals surface area (Å²) in [6.07, 6.45) is 8.32. The fourth-order valence-corrected chi connectivity index (χ4v) is 9.89. The van der Waals surface area contributed by atoms with E-state index in [0.717, 1.165) is 37.8 Å². The minimum absolute atomic E-state index is 0.0536. The second-order valence-electron chi connectivity index (χ2n) is 15.8. The van der Waals surface area contributed by atoms with Crippen LogP contribution >= 0.6 is 11.6 Å². The molecule has 1 fully saturated rings. The molecule has 2 heterocycles. The van der Waals surface area contributed by atoms with Crippen LogP contribution in [-0.2, 0) is 26.7 Å². The first-order valence-electron chi connectivity index (χ1n) is 18.3. The zero-order chi connectivity index (χ0) is 36.7. The van der Waals surface area contributed by atoms with Crippen molar-refractivity contribution in [3.05, 3.63) is 70.3 Å². The van der Waals surface area contributed by atoms with Crippen LogP contribution in [0.15, 0.2) is 48.6 Å². The Morgan fingerprint density at radius 3 is 2.63 bits per heavy atom. The number of nitrogens with one attached hydrogen (secondary N) is 1. The number of benzene rings is 2. The van der Waals surface area contributed by atoms with Crippen molar-refractivity contribution in [3.8, 4) is 5.75 Å². The quantitative estimate of drug-likeness (QED) is 0.411. The number of anilines is 1. The molecule has 2 N–H and O–H groups in total. The Morgan fingerprint density at radius 1 is 1.12 bits per heavy atom. The third-order valence-corrected chi connectivity index (χ3v) is 14.1. The summed E-state index contributed by atoms with van der Waals surface area (Å²) >= 11 is 6.45. The number of likely N-dealkylation sites (N-methyl/N-ethyl adjacent to an activating group) is 2. The Kier molecular flexibility index (Phi) is 10.9. The normalized spacial score (nSPS) is 31.0. The van der Waals surface area contributed by atoms with Crippen LogP contribution in [0.2, 0.25) is 5.02 Å². The minimum Gasteiger partial charge on any atom is -0.490 e. The summed E-state index contributed by atoms with van der Waals surface area (Å²) in [5, 5.41) is 12.3. The van der Waals surface area contributed by atoms with Gasteiger partial charge in [-0.25, -0.2) is 13.1 Å². The number of allylic oxidation sites excluding steroid dienone is 1. The van der Waals surface area contributed by atoms with Crippen LogP contribution in [0.4, 0.5) is 5.69 Å². The molecule has 0 unspecified atom stereocenters. The number of aryl methyl sites for hydroxylation is 1. The van der Waals surface area contributed by atoms with Gasteiger partial charge in [0.05, 0.1) is 29.6 Å². The summed E-state index contributed by atoms with van der Waals surface area (Å²) in [4.78, 5) is 33.2. The van der Waals surface area contributed by atoms with Crippen molar-refractivity contribution in [2.45, 2.75) is 75.1 Å². The molecular formula is C39H53ClN4O6S. The van der Waals surface area contributed by atoms with Crippen molar-refractivity contribution >= 4 is 39.1 Å². The zero-order valence-corrected chi connectivity index (χ0v) is 32.1. The lowest BCUT2D eigenvalue weighted by molar-refractivity contribution is -0.138. The summed E-state index contributed by atoms with van der Waals surface area (Å²) in [6.45, 7) is 6.28. The predicted molar refractivity (Wildman–Crippen MR) is 201 cm³/mol. The Labute approximate surface area is 308 Å². The Hall–Kier alpha value is -3.12. The van der Waals surface area contributed by atoms with Crippen molar-refractivity contribution in [3.63, 3.8) is 0 Å². The van der Waals surface area contributed by atoms with E-state index < -0.39 is 26.8 Å². The molecule has 2 aliphatic carbocycles. The van der Waals surface area contributed by atoms with E-state index in [1.807, 2.05) is 38.1 Å².